The van der Waals surface area contributed by atoms with Gasteiger partial charge in [-0.25, -0.2) is 24.0 Å². The summed E-state index contributed by atoms with van der Waals surface area (Å²) in [5, 5.41) is 8.29. The van der Waals surface area contributed by atoms with Crippen LogP contribution >= 0.6 is 0 Å². The molecule has 0 aliphatic heterocycles. The topological polar surface area (TPSA) is 193 Å². The molecule has 0 bridgehead atoms. The van der Waals surface area contributed by atoms with Crippen LogP contribution in [-0.4, -0.2) is 75.3 Å². The summed E-state index contributed by atoms with van der Waals surface area (Å²) in [7, 11) is 0. The zero-order valence-corrected chi connectivity index (χ0v) is 41.1. The third-order valence-corrected chi connectivity index (χ3v) is 10.3. The van der Waals surface area contributed by atoms with E-state index in [1.807, 2.05) is 31.2 Å². The minimum absolute atomic E-state index is 0.0380. The molecule has 382 valence electrons. The molecule has 0 aromatic heterocycles. The zero-order valence-electron chi connectivity index (χ0n) is 41.1. The average Bonchev–Trinajstić information content (AvgIpc) is 3.39. The van der Waals surface area contributed by atoms with Gasteiger partial charge in [0.1, 0.15) is 40.7 Å². The highest BCUT2D eigenvalue weighted by Crippen LogP contribution is 2.26. The number of carbonyl (C=O) groups is 5. The van der Waals surface area contributed by atoms with Gasteiger partial charge in [-0.1, -0.05) is 52.1 Å². The summed E-state index contributed by atoms with van der Waals surface area (Å²) in [5.41, 5.74) is 2.07. The summed E-state index contributed by atoms with van der Waals surface area (Å²) >= 11 is 0. The fourth-order valence-corrected chi connectivity index (χ4v) is 6.23. The highest BCUT2D eigenvalue weighted by Gasteiger charge is 2.20. The lowest BCUT2D eigenvalue weighted by Crippen LogP contribution is -2.13. The van der Waals surface area contributed by atoms with E-state index >= 15 is 0 Å². The smallest absolute Gasteiger partial charge is 0.347 e. The van der Waals surface area contributed by atoms with Gasteiger partial charge in [0.15, 0.2) is 5.75 Å². The lowest BCUT2D eigenvalue weighted by molar-refractivity contribution is -0.217. The summed E-state index contributed by atoms with van der Waals surface area (Å²) in [6.45, 7) is 16.4. The van der Waals surface area contributed by atoms with Crippen molar-refractivity contribution < 1.29 is 66.9 Å². The van der Waals surface area contributed by atoms with Crippen molar-refractivity contribution in [2.75, 3.05) is 33.0 Å². The lowest BCUT2D eigenvalue weighted by Gasteiger charge is -2.12. The summed E-state index contributed by atoms with van der Waals surface area (Å²) in [4.78, 5) is 73.1. The summed E-state index contributed by atoms with van der Waals surface area (Å²) in [6.07, 6.45) is 13.9. The van der Waals surface area contributed by atoms with E-state index in [2.05, 4.69) is 29.9 Å². The van der Waals surface area contributed by atoms with Gasteiger partial charge in [0.2, 0.25) is 0 Å². The Kier molecular flexibility index (Phi) is 25.9. The van der Waals surface area contributed by atoms with Gasteiger partial charge in [-0.3, -0.25) is 0 Å². The van der Waals surface area contributed by atoms with Crippen LogP contribution in [0.4, 0.5) is 0 Å². The van der Waals surface area contributed by atoms with Gasteiger partial charge in [-0.15, -0.1) is 0 Å². The molecule has 4 rings (SSSR count). The molecule has 0 saturated carbocycles. The molecule has 0 radical (unpaired) electrons. The molecule has 16 nitrogen and oxygen atoms in total. The molecule has 72 heavy (non-hydrogen) atoms. The van der Waals surface area contributed by atoms with Crippen molar-refractivity contribution in [3.8, 4) is 23.0 Å². The molecule has 0 saturated heterocycles. The summed E-state index contributed by atoms with van der Waals surface area (Å²) in [5.74, 6) is -1.30. The number of rotatable bonds is 34. The van der Waals surface area contributed by atoms with Crippen molar-refractivity contribution >= 4 is 42.3 Å². The standard InChI is InChI=1S/C56H64N2O14/c1-6-10-31-68-55(62)49-37-44(22-30-51(49)72-69-40-42-19-25-46(26-20-42)64-32-15-11-13-17-34-66-52(59)8-3)39-58-57-38-43-21-29-50(48(36-43)56(63)70-41(5)7-2)71-54(61)45-23-27-47(28-24-45)65-33-16-12-14-18-35-67-53(60)9-4/h8-9,19-30,36-39H,3-7,10-18,31-35,40H2,1-2H3. The first-order chi connectivity index (χ1) is 35.0. The molecule has 0 fully saturated rings. The first-order valence-corrected chi connectivity index (χ1v) is 24.0. The predicted molar refractivity (Wildman–Crippen MR) is 272 cm³/mol. The van der Waals surface area contributed by atoms with E-state index in [0.29, 0.717) is 61.9 Å². The highest BCUT2D eigenvalue weighted by molar-refractivity contribution is 5.98. The number of hydrogen-bond donors (Lipinski definition) is 0. The lowest BCUT2D eigenvalue weighted by atomic mass is 10.1. The minimum atomic E-state index is -0.778. The van der Waals surface area contributed by atoms with Gasteiger partial charge in [0, 0.05) is 18.6 Å². The van der Waals surface area contributed by atoms with Gasteiger partial charge in [-0.05, 0) is 147 Å². The normalized spacial score (nSPS) is 10.9. The maximum atomic E-state index is 13.3. The van der Waals surface area contributed by atoms with Crippen LogP contribution in [0.5, 0.6) is 23.0 Å². The maximum absolute atomic E-state index is 13.3. The number of nitrogens with zero attached hydrogens (tertiary/aromatic N) is 2. The Morgan fingerprint density at radius 1 is 0.542 bits per heavy atom. The zero-order chi connectivity index (χ0) is 51.8. The van der Waals surface area contributed by atoms with E-state index in [-0.39, 0.29) is 47.2 Å². The molecular formula is C56H64N2O14. The highest BCUT2D eigenvalue weighted by atomic mass is 17.2. The molecule has 4 aromatic rings. The number of carbonyl (C=O) groups excluding carboxylic acids is 5. The SMILES string of the molecule is C=CC(=O)OCCCCCCOc1ccc(COOc2ccc(C=NN=Cc3ccc(OC(=O)c4ccc(OCCCCCCOC(=O)C=C)cc4)c(C(=O)OC(=C)CC)c3)cc2C(=O)OCCCC)cc1. The van der Waals surface area contributed by atoms with Crippen molar-refractivity contribution in [2.24, 2.45) is 10.2 Å². The first-order valence-electron chi connectivity index (χ1n) is 24.0. The molecule has 0 unspecified atom stereocenters. The third-order valence-electron chi connectivity index (χ3n) is 10.3. The molecule has 4 aromatic carbocycles. The van der Waals surface area contributed by atoms with Crippen LogP contribution in [0.15, 0.2) is 133 Å². The second-order valence-corrected chi connectivity index (χ2v) is 15.9. The Labute approximate surface area is 421 Å². The van der Waals surface area contributed by atoms with E-state index < -0.39 is 29.8 Å². The van der Waals surface area contributed by atoms with Crippen LogP contribution in [0.25, 0.3) is 0 Å². The van der Waals surface area contributed by atoms with Crippen molar-refractivity contribution in [3.05, 3.63) is 156 Å². The first kappa shape index (κ1) is 56.7. The Balaban J connectivity index is 1.34. The predicted octanol–water partition coefficient (Wildman–Crippen LogP) is 11.2. The number of hydrogen-bond acceptors (Lipinski definition) is 16. The van der Waals surface area contributed by atoms with Crippen LogP contribution in [-0.2, 0) is 40.0 Å². The third kappa shape index (κ3) is 21.4. The second kappa shape index (κ2) is 32.9. The number of unbranched alkanes of at least 4 members (excludes halogenated alkanes) is 7. The monoisotopic (exact) mass is 988 g/mol. The molecular weight excluding hydrogens is 925 g/mol. The van der Waals surface area contributed by atoms with Gasteiger partial charge >= 0.3 is 29.8 Å². The van der Waals surface area contributed by atoms with Crippen molar-refractivity contribution in [2.45, 2.75) is 91.1 Å². The van der Waals surface area contributed by atoms with E-state index in [4.69, 9.17) is 42.9 Å². The van der Waals surface area contributed by atoms with Crippen molar-refractivity contribution in [1.29, 1.82) is 0 Å². The molecule has 0 aliphatic carbocycles. The van der Waals surface area contributed by atoms with Gasteiger partial charge in [0.25, 0.3) is 0 Å². The van der Waals surface area contributed by atoms with Crippen LogP contribution in [0.1, 0.15) is 132 Å². The molecule has 0 spiro atoms. The largest absolute Gasteiger partial charge is 0.494 e. The fourth-order valence-electron chi connectivity index (χ4n) is 6.23. The number of ether oxygens (including phenoxy) is 7. The fraction of sp³-hybridized carbons (Fsp3) is 0.339. The van der Waals surface area contributed by atoms with Gasteiger partial charge < -0.3 is 38.0 Å². The molecule has 0 heterocycles. The second-order valence-electron chi connectivity index (χ2n) is 15.9. The number of esters is 5. The average molecular weight is 989 g/mol. The van der Waals surface area contributed by atoms with Crippen LogP contribution < -0.4 is 19.1 Å². The van der Waals surface area contributed by atoms with E-state index in [1.54, 1.807) is 55.5 Å². The van der Waals surface area contributed by atoms with Crippen LogP contribution in [0.2, 0.25) is 0 Å². The van der Waals surface area contributed by atoms with Gasteiger partial charge in [-0.2, -0.15) is 15.1 Å². The molecule has 0 aliphatic rings. The van der Waals surface area contributed by atoms with E-state index in [1.165, 1.54) is 24.6 Å². The Hall–Kier alpha value is -7.85. The van der Waals surface area contributed by atoms with Crippen LogP contribution in [0, 0.1) is 0 Å². The number of allylic oxidation sites excluding steroid dienone is 1. The summed E-state index contributed by atoms with van der Waals surface area (Å²) in [6, 6.07) is 23.1. The maximum Gasteiger partial charge on any atom is 0.347 e. The Bertz CT molecular complexity index is 2460. The van der Waals surface area contributed by atoms with E-state index in [9.17, 15) is 24.0 Å². The van der Waals surface area contributed by atoms with Crippen molar-refractivity contribution in [3.63, 3.8) is 0 Å². The Morgan fingerprint density at radius 3 is 1.57 bits per heavy atom. The van der Waals surface area contributed by atoms with Gasteiger partial charge in [0.05, 0.1) is 51.0 Å². The van der Waals surface area contributed by atoms with E-state index in [0.717, 1.165) is 75.5 Å². The molecule has 0 amide bonds. The Morgan fingerprint density at radius 2 is 1.04 bits per heavy atom. The number of benzene rings is 4. The molecule has 16 heteroatoms. The molecule has 0 atom stereocenters. The van der Waals surface area contributed by atoms with Crippen molar-refractivity contribution in [1.82, 2.24) is 0 Å². The molecule has 0 N–H and O–H groups in total. The minimum Gasteiger partial charge on any atom is -0.494 e. The van der Waals surface area contributed by atoms with Crippen LogP contribution in [0.3, 0.4) is 0 Å². The summed E-state index contributed by atoms with van der Waals surface area (Å²) < 4.78 is 38.2. The quantitative estimate of drug-likeness (QED) is 0.00494.